The second kappa shape index (κ2) is 3.56. The van der Waals surface area contributed by atoms with Gasteiger partial charge in [-0.15, -0.1) is 6.58 Å². The lowest BCUT2D eigenvalue weighted by Crippen LogP contribution is -2.25. The van der Waals surface area contributed by atoms with E-state index in [9.17, 15) is 0 Å². The molecule has 0 aliphatic heterocycles. The van der Waals surface area contributed by atoms with Crippen molar-refractivity contribution in [2.45, 2.75) is 20.3 Å². The molecule has 70 valence electrons. The number of nitrogens with zero attached hydrogens (tertiary/aromatic N) is 2. The van der Waals surface area contributed by atoms with E-state index in [2.05, 4.69) is 11.6 Å². The van der Waals surface area contributed by atoms with Gasteiger partial charge in [0.15, 0.2) is 0 Å². The second-order valence-electron chi connectivity index (χ2n) is 3.14. The summed E-state index contributed by atoms with van der Waals surface area (Å²) in [6.07, 6.45) is 2.68. The summed E-state index contributed by atoms with van der Waals surface area (Å²) in [7, 11) is 1.86. The molecule has 0 saturated carbocycles. The van der Waals surface area contributed by atoms with Gasteiger partial charge in [-0.2, -0.15) is 0 Å². The van der Waals surface area contributed by atoms with Crippen LogP contribution in [-0.2, 0) is 13.5 Å². The first kappa shape index (κ1) is 9.71. The molecule has 0 saturated heterocycles. The van der Waals surface area contributed by atoms with Crippen LogP contribution in [0.3, 0.4) is 0 Å². The zero-order valence-electron chi connectivity index (χ0n) is 8.39. The van der Waals surface area contributed by atoms with Crippen molar-refractivity contribution in [2.24, 2.45) is 7.05 Å². The second-order valence-corrected chi connectivity index (χ2v) is 3.14. The van der Waals surface area contributed by atoms with E-state index < -0.39 is 0 Å². The van der Waals surface area contributed by atoms with Gasteiger partial charge in [-0.05, 0) is 25.8 Å². The van der Waals surface area contributed by atoms with Gasteiger partial charge in [0.05, 0.1) is 0 Å². The molecule has 0 amide bonds. The topological polar surface area (TPSA) is 41.7 Å². The van der Waals surface area contributed by atoms with Gasteiger partial charge in [0, 0.05) is 18.4 Å². The highest BCUT2D eigenvalue weighted by Gasteiger charge is 2.05. The molecule has 1 heterocycles. The van der Waals surface area contributed by atoms with Crippen molar-refractivity contribution >= 4 is 0 Å². The van der Waals surface area contributed by atoms with Crippen LogP contribution in [0.4, 0.5) is 0 Å². The summed E-state index contributed by atoms with van der Waals surface area (Å²) in [4.78, 5) is 4.13. The Labute approximate surface area is 78.3 Å². The fraction of sp³-hybridized carbons (Fsp3) is 0.400. The molecule has 3 nitrogen and oxygen atoms in total. The van der Waals surface area contributed by atoms with E-state index in [-0.39, 0.29) is 0 Å². The third kappa shape index (κ3) is 1.69. The molecule has 0 bridgehead atoms. The van der Waals surface area contributed by atoms with Gasteiger partial charge < -0.3 is 4.57 Å². The average molecular weight is 177 g/mol. The molecule has 0 atom stereocenters. The summed E-state index contributed by atoms with van der Waals surface area (Å²) in [5.41, 5.74) is 3.51. The van der Waals surface area contributed by atoms with Gasteiger partial charge in [-0.1, -0.05) is 6.08 Å². The molecule has 1 N–H and O–H groups in total. The highest BCUT2D eigenvalue weighted by atomic mass is 15.0. The van der Waals surface area contributed by atoms with E-state index in [1.807, 2.05) is 27.0 Å². The molecule has 3 heteroatoms. The van der Waals surface area contributed by atoms with E-state index in [0.717, 1.165) is 17.8 Å². The highest BCUT2D eigenvalue weighted by molar-refractivity contribution is 5.25. The summed E-state index contributed by atoms with van der Waals surface area (Å²) >= 11 is 0. The number of aromatic nitrogens is 2. The van der Waals surface area contributed by atoms with E-state index in [1.54, 1.807) is 4.57 Å². The molecule has 0 aromatic carbocycles. The average Bonchev–Trinajstić information content (AvgIpc) is 2.09. The first-order valence-electron chi connectivity index (χ1n) is 4.26. The van der Waals surface area contributed by atoms with E-state index in [1.165, 1.54) is 5.56 Å². The predicted octanol–water partition coefficient (Wildman–Crippen LogP) is 1.24. The number of hydrogen-bond donors (Lipinski definition) is 1. The number of rotatable bonds is 2. The highest BCUT2D eigenvalue weighted by Crippen LogP contribution is 2.08. The molecule has 1 aromatic rings. The quantitative estimate of drug-likeness (QED) is 0.678. The van der Waals surface area contributed by atoms with Crippen LogP contribution < -0.4 is 5.62 Å². The fourth-order valence-corrected chi connectivity index (χ4v) is 1.36. The smallest absolute Gasteiger partial charge is 0.222 e. The first-order chi connectivity index (χ1) is 6.07. The maximum Gasteiger partial charge on any atom is 0.222 e. The lowest BCUT2D eigenvalue weighted by Gasteiger charge is -2.11. The largest absolute Gasteiger partial charge is 0.318 e. The van der Waals surface area contributed by atoms with Gasteiger partial charge in [0.1, 0.15) is 0 Å². The standard InChI is InChI=1S/C10H15N3/c1-5-6-9-7(2)12-10(11)13(4)8(9)3/h5,11H,1,6H2,2-4H3. The van der Waals surface area contributed by atoms with Crippen molar-refractivity contribution in [3.05, 3.63) is 35.2 Å². The van der Waals surface area contributed by atoms with Crippen LogP contribution in [-0.4, -0.2) is 9.55 Å². The van der Waals surface area contributed by atoms with Crippen molar-refractivity contribution in [3.63, 3.8) is 0 Å². The summed E-state index contributed by atoms with van der Waals surface area (Å²) in [6, 6.07) is 0. The van der Waals surface area contributed by atoms with E-state index in [4.69, 9.17) is 5.41 Å². The number of allylic oxidation sites excluding steroid dienone is 1. The maximum atomic E-state index is 7.56. The monoisotopic (exact) mass is 177 g/mol. The van der Waals surface area contributed by atoms with Crippen molar-refractivity contribution in [2.75, 3.05) is 0 Å². The minimum Gasteiger partial charge on any atom is -0.318 e. The SMILES string of the molecule is C=CCc1c(C)nc(=N)n(C)c1C. The van der Waals surface area contributed by atoms with Gasteiger partial charge in [-0.3, -0.25) is 5.41 Å². The molecule has 1 rings (SSSR count). The maximum absolute atomic E-state index is 7.56. The van der Waals surface area contributed by atoms with Crippen molar-refractivity contribution < 1.29 is 0 Å². The summed E-state index contributed by atoms with van der Waals surface area (Å²) in [6.45, 7) is 7.65. The lowest BCUT2D eigenvalue weighted by molar-refractivity contribution is 0.710. The normalized spacial score (nSPS) is 10.1. The summed E-state index contributed by atoms with van der Waals surface area (Å²) < 4.78 is 1.78. The molecule has 1 aromatic heterocycles. The molecule has 0 aliphatic rings. The zero-order valence-corrected chi connectivity index (χ0v) is 8.39. The van der Waals surface area contributed by atoms with E-state index in [0.29, 0.717) is 5.62 Å². The van der Waals surface area contributed by atoms with Gasteiger partial charge >= 0.3 is 0 Å². The van der Waals surface area contributed by atoms with Crippen LogP contribution in [0, 0.1) is 19.3 Å². The Balaban J connectivity index is 3.43. The van der Waals surface area contributed by atoms with Crippen molar-refractivity contribution in [3.8, 4) is 0 Å². The lowest BCUT2D eigenvalue weighted by atomic mass is 10.1. The Bertz CT molecular complexity index is 388. The number of hydrogen-bond acceptors (Lipinski definition) is 2. The number of aryl methyl sites for hydroxylation is 1. The Morgan fingerprint density at radius 2 is 2.15 bits per heavy atom. The zero-order chi connectivity index (χ0) is 10.0. The molecular formula is C10H15N3. The first-order valence-corrected chi connectivity index (χ1v) is 4.26. The van der Waals surface area contributed by atoms with Crippen LogP contribution in [0.15, 0.2) is 12.7 Å². The molecule has 0 aliphatic carbocycles. The number of nitrogens with one attached hydrogen (secondary N) is 1. The minimum absolute atomic E-state index is 0.308. The van der Waals surface area contributed by atoms with Crippen LogP contribution >= 0.6 is 0 Å². The Kier molecular flexibility index (Phi) is 2.66. The van der Waals surface area contributed by atoms with E-state index >= 15 is 0 Å². The Morgan fingerprint density at radius 3 is 2.69 bits per heavy atom. The minimum atomic E-state index is 0.308. The van der Waals surface area contributed by atoms with Gasteiger partial charge in [0.25, 0.3) is 0 Å². The summed E-state index contributed by atoms with van der Waals surface area (Å²) in [5.74, 6) is 0. The molecular weight excluding hydrogens is 162 g/mol. The van der Waals surface area contributed by atoms with Gasteiger partial charge in [-0.25, -0.2) is 4.98 Å². The van der Waals surface area contributed by atoms with Crippen LogP contribution in [0.2, 0.25) is 0 Å². The van der Waals surface area contributed by atoms with Crippen LogP contribution in [0.1, 0.15) is 17.0 Å². The van der Waals surface area contributed by atoms with Gasteiger partial charge in [0.2, 0.25) is 5.62 Å². The van der Waals surface area contributed by atoms with Crippen molar-refractivity contribution in [1.82, 2.24) is 9.55 Å². The Hall–Kier alpha value is -1.38. The van der Waals surface area contributed by atoms with Crippen molar-refractivity contribution in [1.29, 1.82) is 5.41 Å². The molecule has 0 unspecified atom stereocenters. The van der Waals surface area contributed by atoms with Crippen LogP contribution in [0.25, 0.3) is 0 Å². The predicted molar refractivity (Wildman–Crippen MR) is 52.4 cm³/mol. The molecule has 0 spiro atoms. The molecule has 0 fully saturated rings. The molecule has 13 heavy (non-hydrogen) atoms. The third-order valence-electron chi connectivity index (χ3n) is 2.32. The summed E-state index contributed by atoms with van der Waals surface area (Å²) in [5, 5.41) is 7.56. The van der Waals surface area contributed by atoms with Crippen LogP contribution in [0.5, 0.6) is 0 Å². The third-order valence-corrected chi connectivity index (χ3v) is 2.32. The fourth-order valence-electron chi connectivity index (χ4n) is 1.36. The molecule has 0 radical (unpaired) electrons. The Morgan fingerprint density at radius 1 is 1.54 bits per heavy atom.